The van der Waals surface area contributed by atoms with Gasteiger partial charge in [0.1, 0.15) is 0 Å². The van der Waals surface area contributed by atoms with Crippen LogP contribution in [0.3, 0.4) is 0 Å². The summed E-state index contributed by atoms with van der Waals surface area (Å²) in [4.78, 5) is 0. The van der Waals surface area contributed by atoms with Crippen molar-refractivity contribution in [1.82, 2.24) is 0 Å². The van der Waals surface area contributed by atoms with Crippen LogP contribution in [0.2, 0.25) is 0 Å². The van der Waals surface area contributed by atoms with Crippen LogP contribution in [0.1, 0.15) is 48.0 Å². The first-order chi connectivity index (χ1) is 7.23. The summed E-state index contributed by atoms with van der Waals surface area (Å²) in [5.41, 5.74) is 6.69. The summed E-state index contributed by atoms with van der Waals surface area (Å²) in [6, 6.07) is 0. The van der Waals surface area contributed by atoms with E-state index in [1.54, 1.807) is 0 Å². The SMILES string of the molecule is CC(C)(C)[NH-].C[C-](C)C.Cl.Cl.[C-]1=CC=CC1.[CH3-].[CH3-].[SiH2]=[Ti]. The van der Waals surface area contributed by atoms with Crippen LogP contribution in [-0.4, -0.2) is 13.2 Å². The second-order valence-electron chi connectivity index (χ2n) is 4.75. The maximum atomic E-state index is 6.94. The number of rotatable bonds is 0. The zero-order valence-electron chi connectivity index (χ0n) is 14.5. The van der Waals surface area contributed by atoms with Gasteiger partial charge in [-0.25, -0.2) is 12.2 Å². The summed E-state index contributed by atoms with van der Waals surface area (Å²) in [6.07, 6.45) is 10.0. The van der Waals surface area contributed by atoms with Crippen LogP contribution in [-0.2, 0) is 19.2 Å². The molecule has 0 saturated carbocycles. The molecule has 0 heterocycles. The molecule has 0 fully saturated rings. The van der Waals surface area contributed by atoms with Crippen LogP contribution in [0.4, 0.5) is 0 Å². The van der Waals surface area contributed by atoms with Crippen molar-refractivity contribution in [2.45, 2.75) is 53.5 Å². The average molecular weight is 375 g/mol. The molecule has 0 aromatic rings. The van der Waals surface area contributed by atoms with Crippen molar-refractivity contribution in [1.29, 1.82) is 0 Å². The standard InChI is InChI=1S/C5H5.C4H10N.C4H9.2CH3.2ClH.H2Si.Ti/c1-2-4-5-3-1;1-4(2,3)5;1-4(2)3;;;;;;/h1-3H,4H2;5H,1-3H3;1-3H3;2*1H3;2*1H;1H2;/q5*-1;;;;. The molecule has 0 saturated heterocycles. The van der Waals surface area contributed by atoms with E-state index < -0.39 is 0 Å². The fraction of sp³-hybridized carbons (Fsp3) is 0.533. The van der Waals surface area contributed by atoms with Crippen molar-refractivity contribution in [3.8, 4) is 0 Å². The Kier molecular flexibility index (Phi) is 68.7. The third-order valence-electron chi connectivity index (χ3n) is 0.586. The van der Waals surface area contributed by atoms with Gasteiger partial charge in [0, 0.05) is 0 Å². The Bertz CT molecular complexity index is 172. The minimum absolute atomic E-state index is 0. The first kappa shape index (κ1) is 42.8. The van der Waals surface area contributed by atoms with Gasteiger partial charge in [-0.2, -0.15) is 26.8 Å². The molecule has 1 N–H and O–H groups in total. The van der Waals surface area contributed by atoms with Crippen LogP contribution >= 0.6 is 24.8 Å². The van der Waals surface area contributed by atoms with E-state index >= 15 is 0 Å². The predicted octanol–water partition coefficient (Wildman–Crippen LogP) is 5.59. The van der Waals surface area contributed by atoms with E-state index in [0.717, 1.165) is 6.42 Å². The quantitative estimate of drug-likeness (QED) is 0.389. The van der Waals surface area contributed by atoms with Crippen molar-refractivity contribution in [3.63, 3.8) is 0 Å². The molecule has 0 spiro atoms. The fourth-order valence-corrected chi connectivity index (χ4v) is 0.340. The Hall–Kier alpha value is 0.951. The molecule has 0 bridgehead atoms. The van der Waals surface area contributed by atoms with Gasteiger partial charge in [-0.05, 0) is 0 Å². The van der Waals surface area contributed by atoms with Crippen LogP contribution < -0.4 is 0 Å². The number of hydrogen-bond acceptors (Lipinski definition) is 0. The van der Waals surface area contributed by atoms with E-state index in [1.807, 2.05) is 59.7 Å². The molecule has 0 radical (unpaired) electrons. The number of nitrogens with one attached hydrogen (secondary N) is 1. The summed E-state index contributed by atoms with van der Waals surface area (Å²) in [6.45, 7) is 11.8. The van der Waals surface area contributed by atoms with E-state index in [2.05, 4.69) is 32.9 Å². The van der Waals surface area contributed by atoms with Crippen molar-refractivity contribution < 1.29 is 19.2 Å². The minimum atomic E-state index is -0.250. The fourth-order valence-electron chi connectivity index (χ4n) is 0.340. The van der Waals surface area contributed by atoms with Crippen LogP contribution in [0, 0.1) is 26.8 Å². The molecule has 1 rings (SSSR count). The van der Waals surface area contributed by atoms with Gasteiger partial charge in [-0.1, -0.05) is 20.8 Å². The average Bonchev–Trinajstić information content (AvgIpc) is 2.58. The summed E-state index contributed by atoms with van der Waals surface area (Å²) in [7, 11) is 1.86. The molecule has 1 aliphatic carbocycles. The zero-order valence-corrected chi connectivity index (χ0v) is 19.1. The monoisotopic (exact) mass is 374 g/mol. The van der Waals surface area contributed by atoms with Gasteiger partial charge in [0.15, 0.2) is 0 Å². The predicted molar refractivity (Wildman–Crippen MR) is 102 cm³/mol. The second-order valence-corrected chi connectivity index (χ2v) is 4.75. The third-order valence-corrected chi connectivity index (χ3v) is 0.586. The number of allylic oxidation sites excluding steroid dienone is 4. The molecule has 0 amide bonds. The molecule has 0 aromatic heterocycles. The molecule has 1 aliphatic rings. The van der Waals surface area contributed by atoms with Gasteiger partial charge >= 0.3 is 26.8 Å². The van der Waals surface area contributed by atoms with Gasteiger partial charge < -0.3 is 26.5 Å². The first-order valence-corrected chi connectivity index (χ1v) is 9.34. The molecule has 0 atom stereocenters. The van der Waals surface area contributed by atoms with Crippen molar-refractivity contribution in [2.75, 3.05) is 0 Å². The van der Waals surface area contributed by atoms with Crippen LogP contribution in [0.15, 0.2) is 18.2 Å². The van der Waals surface area contributed by atoms with Crippen molar-refractivity contribution >= 4 is 32.4 Å². The molecular formula is C15H34Cl2NSiTi-5. The Labute approximate surface area is 155 Å². The normalized spacial score (nSPS) is 9.35. The van der Waals surface area contributed by atoms with E-state index in [0.29, 0.717) is 0 Å². The topological polar surface area (TPSA) is 23.8 Å². The summed E-state index contributed by atoms with van der Waals surface area (Å²) >= 11 is 2.03. The van der Waals surface area contributed by atoms with E-state index in [1.165, 1.54) is 5.92 Å². The molecule has 5 heteroatoms. The molecule has 0 unspecified atom stereocenters. The first-order valence-electron chi connectivity index (χ1n) is 5.32. The maximum absolute atomic E-state index is 6.94. The van der Waals surface area contributed by atoms with Gasteiger partial charge in [0.2, 0.25) is 0 Å². The zero-order chi connectivity index (χ0) is 13.6. The van der Waals surface area contributed by atoms with E-state index in [9.17, 15) is 0 Å². The molecule has 1 nitrogen and oxygen atoms in total. The molecule has 0 aromatic carbocycles. The van der Waals surface area contributed by atoms with Gasteiger partial charge in [0.05, 0.1) is 0 Å². The Morgan fingerprint density at radius 1 is 1.10 bits per heavy atom. The Balaban J connectivity index is -0.0000000219. The number of hydrogen-bond donors (Lipinski definition) is 0. The summed E-state index contributed by atoms with van der Waals surface area (Å²) in [5, 5.41) is 0. The van der Waals surface area contributed by atoms with Crippen LogP contribution in [0.25, 0.3) is 5.73 Å². The third kappa shape index (κ3) is 172. The molecule has 0 aliphatic heterocycles. The van der Waals surface area contributed by atoms with E-state index in [-0.39, 0.29) is 45.2 Å². The van der Waals surface area contributed by atoms with E-state index in [4.69, 9.17) is 5.73 Å². The Morgan fingerprint density at radius 2 is 1.35 bits per heavy atom. The summed E-state index contributed by atoms with van der Waals surface area (Å²) in [5.74, 6) is 1.42. The van der Waals surface area contributed by atoms with Gasteiger partial charge in [-0.15, -0.1) is 36.8 Å². The Morgan fingerprint density at radius 3 is 1.40 bits per heavy atom. The second kappa shape index (κ2) is 32.1. The van der Waals surface area contributed by atoms with Gasteiger partial charge in [0.25, 0.3) is 0 Å². The molecule has 20 heavy (non-hydrogen) atoms. The van der Waals surface area contributed by atoms with Crippen molar-refractivity contribution in [3.05, 3.63) is 50.8 Å². The molecule has 126 valence electrons. The number of halogens is 2. The van der Waals surface area contributed by atoms with Crippen LogP contribution in [0.5, 0.6) is 0 Å². The molecular weight excluding hydrogens is 341 g/mol. The van der Waals surface area contributed by atoms with Crippen molar-refractivity contribution in [2.24, 2.45) is 0 Å². The van der Waals surface area contributed by atoms with Gasteiger partial charge in [-0.3, -0.25) is 6.08 Å². The summed E-state index contributed by atoms with van der Waals surface area (Å²) < 4.78 is 0.